The van der Waals surface area contributed by atoms with Crippen LogP contribution in [0.1, 0.15) is 40.0 Å². The number of imide groups is 1. The molecule has 0 saturated carbocycles. The van der Waals surface area contributed by atoms with Crippen LogP contribution in [0.5, 0.6) is 0 Å². The summed E-state index contributed by atoms with van der Waals surface area (Å²) in [5, 5.41) is 4.84. The Balaban J connectivity index is 2.48. The van der Waals surface area contributed by atoms with Gasteiger partial charge in [0.05, 0.1) is 0 Å². The van der Waals surface area contributed by atoms with Crippen LogP contribution in [0.2, 0.25) is 0 Å². The van der Waals surface area contributed by atoms with Crippen LogP contribution in [0, 0.1) is 0 Å². The van der Waals surface area contributed by atoms with Crippen molar-refractivity contribution < 1.29 is 9.59 Å². The van der Waals surface area contributed by atoms with E-state index in [0.29, 0.717) is 6.42 Å². The smallest absolute Gasteiger partial charge is 0.322 e. The SMILES string of the molecule is CC/C(=C\C=C(C)C)CCC1NC(=O)NC1=O. The maximum atomic E-state index is 11.3. The first kappa shape index (κ1) is 13.5. The van der Waals surface area contributed by atoms with Crippen molar-refractivity contribution in [3.63, 3.8) is 0 Å². The molecule has 0 aliphatic carbocycles. The van der Waals surface area contributed by atoms with Crippen molar-refractivity contribution in [3.05, 3.63) is 23.3 Å². The highest BCUT2D eigenvalue weighted by atomic mass is 16.2. The molecule has 1 fully saturated rings. The third kappa shape index (κ3) is 4.43. The standard InChI is InChI=1S/C13H20N2O2/c1-4-10(6-5-9(2)3)7-8-11-12(16)15-13(17)14-11/h5-6,11H,4,7-8H2,1-3H3,(H2,14,15,16,17)/b10-6+. The number of hydrogen-bond acceptors (Lipinski definition) is 2. The Bertz CT molecular complexity index is 366. The fourth-order valence-electron chi connectivity index (χ4n) is 1.65. The summed E-state index contributed by atoms with van der Waals surface area (Å²) in [5.74, 6) is -0.215. The van der Waals surface area contributed by atoms with Crippen LogP contribution in [0.25, 0.3) is 0 Å². The minimum atomic E-state index is -0.383. The zero-order chi connectivity index (χ0) is 12.8. The van der Waals surface area contributed by atoms with Gasteiger partial charge in [0.1, 0.15) is 6.04 Å². The van der Waals surface area contributed by atoms with Crippen LogP contribution >= 0.6 is 0 Å². The average Bonchev–Trinajstić information content (AvgIpc) is 2.57. The largest absolute Gasteiger partial charge is 0.326 e. The molecule has 1 aliphatic heterocycles. The summed E-state index contributed by atoms with van der Waals surface area (Å²) in [6.07, 6.45) is 6.63. The highest BCUT2D eigenvalue weighted by Gasteiger charge is 2.28. The molecule has 2 N–H and O–H groups in total. The number of carbonyl (C=O) groups is 2. The van der Waals surface area contributed by atoms with Gasteiger partial charge in [0.15, 0.2) is 0 Å². The molecule has 0 radical (unpaired) electrons. The topological polar surface area (TPSA) is 58.2 Å². The van der Waals surface area contributed by atoms with Crippen LogP contribution < -0.4 is 10.6 Å². The van der Waals surface area contributed by atoms with Gasteiger partial charge in [-0.1, -0.05) is 30.2 Å². The molecule has 1 unspecified atom stereocenters. The number of amides is 3. The van der Waals surface area contributed by atoms with Gasteiger partial charge in [-0.2, -0.15) is 0 Å². The monoisotopic (exact) mass is 236 g/mol. The Labute approximate surface area is 102 Å². The molecule has 3 amide bonds. The van der Waals surface area contributed by atoms with Gasteiger partial charge in [-0.3, -0.25) is 10.1 Å². The maximum absolute atomic E-state index is 11.3. The molecule has 1 atom stereocenters. The summed E-state index contributed by atoms with van der Waals surface area (Å²) in [6, 6.07) is -0.754. The van der Waals surface area contributed by atoms with Crippen molar-refractivity contribution in [2.45, 2.75) is 46.1 Å². The molecule has 4 nitrogen and oxygen atoms in total. The van der Waals surface area contributed by atoms with E-state index >= 15 is 0 Å². The fourth-order valence-corrected chi connectivity index (χ4v) is 1.65. The second-order valence-corrected chi connectivity index (χ2v) is 4.48. The molecule has 94 valence electrons. The number of urea groups is 1. The van der Waals surface area contributed by atoms with E-state index in [-0.39, 0.29) is 18.0 Å². The van der Waals surface area contributed by atoms with Gasteiger partial charge in [0.2, 0.25) is 0 Å². The Morgan fingerprint density at radius 2 is 2.00 bits per heavy atom. The summed E-state index contributed by atoms with van der Waals surface area (Å²) >= 11 is 0. The summed E-state index contributed by atoms with van der Waals surface area (Å²) in [5.41, 5.74) is 2.54. The molecule has 0 aromatic heterocycles. The van der Waals surface area contributed by atoms with E-state index < -0.39 is 0 Å². The molecule has 1 rings (SSSR count). The van der Waals surface area contributed by atoms with Gasteiger partial charge in [-0.05, 0) is 33.1 Å². The van der Waals surface area contributed by atoms with Gasteiger partial charge in [-0.15, -0.1) is 0 Å². The van der Waals surface area contributed by atoms with Crippen LogP contribution in [-0.2, 0) is 4.79 Å². The van der Waals surface area contributed by atoms with Crippen molar-refractivity contribution in [1.29, 1.82) is 0 Å². The van der Waals surface area contributed by atoms with E-state index in [4.69, 9.17) is 0 Å². The lowest BCUT2D eigenvalue weighted by molar-refractivity contribution is -0.120. The van der Waals surface area contributed by atoms with E-state index in [2.05, 4.69) is 43.6 Å². The van der Waals surface area contributed by atoms with Gasteiger partial charge in [0, 0.05) is 0 Å². The summed E-state index contributed by atoms with van der Waals surface area (Å²) in [4.78, 5) is 22.3. The molecule has 17 heavy (non-hydrogen) atoms. The van der Waals surface area contributed by atoms with E-state index in [0.717, 1.165) is 12.8 Å². The lowest BCUT2D eigenvalue weighted by Crippen LogP contribution is -2.28. The molecule has 1 heterocycles. The predicted octanol–water partition coefficient (Wildman–Crippen LogP) is 2.28. The van der Waals surface area contributed by atoms with Crippen LogP contribution in [0.3, 0.4) is 0 Å². The van der Waals surface area contributed by atoms with Gasteiger partial charge in [-0.25, -0.2) is 4.79 Å². The second kappa shape index (κ2) is 6.23. The van der Waals surface area contributed by atoms with Gasteiger partial charge in [0.25, 0.3) is 5.91 Å². The van der Waals surface area contributed by atoms with Gasteiger partial charge < -0.3 is 5.32 Å². The van der Waals surface area contributed by atoms with E-state index in [1.54, 1.807) is 0 Å². The zero-order valence-electron chi connectivity index (χ0n) is 10.7. The first-order valence-corrected chi connectivity index (χ1v) is 5.97. The summed E-state index contributed by atoms with van der Waals surface area (Å²) in [6.45, 7) is 6.20. The van der Waals surface area contributed by atoms with Crippen LogP contribution in [0.4, 0.5) is 4.79 Å². The van der Waals surface area contributed by atoms with E-state index in [1.165, 1.54) is 11.1 Å². The number of hydrogen-bond donors (Lipinski definition) is 2. The summed E-state index contributed by atoms with van der Waals surface area (Å²) < 4.78 is 0. The minimum absolute atomic E-state index is 0.215. The second-order valence-electron chi connectivity index (χ2n) is 4.48. The molecule has 0 aromatic carbocycles. The molecule has 0 aromatic rings. The zero-order valence-corrected chi connectivity index (χ0v) is 10.7. The number of carbonyl (C=O) groups excluding carboxylic acids is 2. The van der Waals surface area contributed by atoms with Crippen LogP contribution in [0.15, 0.2) is 23.3 Å². The molecular weight excluding hydrogens is 216 g/mol. The first-order chi connectivity index (χ1) is 8.02. The molecule has 1 aliphatic rings. The van der Waals surface area contributed by atoms with Crippen molar-refractivity contribution in [1.82, 2.24) is 10.6 Å². The minimum Gasteiger partial charge on any atom is -0.326 e. The number of nitrogens with one attached hydrogen (secondary N) is 2. The van der Waals surface area contributed by atoms with Crippen LogP contribution in [-0.4, -0.2) is 18.0 Å². The molecule has 1 saturated heterocycles. The number of allylic oxidation sites excluding steroid dienone is 4. The van der Waals surface area contributed by atoms with Crippen molar-refractivity contribution in [2.24, 2.45) is 0 Å². The lowest BCUT2D eigenvalue weighted by atomic mass is 10.0. The predicted molar refractivity (Wildman–Crippen MR) is 67.5 cm³/mol. The normalized spacial score (nSPS) is 19.9. The average molecular weight is 236 g/mol. The van der Waals surface area contributed by atoms with Crippen molar-refractivity contribution in [3.8, 4) is 0 Å². The number of rotatable bonds is 5. The van der Waals surface area contributed by atoms with Crippen molar-refractivity contribution >= 4 is 11.9 Å². The fraction of sp³-hybridized carbons (Fsp3) is 0.538. The third-order valence-corrected chi connectivity index (χ3v) is 2.72. The summed E-state index contributed by atoms with van der Waals surface area (Å²) in [7, 11) is 0. The third-order valence-electron chi connectivity index (χ3n) is 2.72. The van der Waals surface area contributed by atoms with E-state index in [9.17, 15) is 9.59 Å². The van der Waals surface area contributed by atoms with Crippen molar-refractivity contribution in [2.75, 3.05) is 0 Å². The highest BCUT2D eigenvalue weighted by Crippen LogP contribution is 2.13. The molecule has 0 bridgehead atoms. The first-order valence-electron chi connectivity index (χ1n) is 5.97. The highest BCUT2D eigenvalue weighted by molar-refractivity contribution is 6.04. The molecular formula is C13H20N2O2. The Morgan fingerprint density at radius 3 is 2.47 bits per heavy atom. The Hall–Kier alpha value is -1.58. The van der Waals surface area contributed by atoms with E-state index in [1.807, 2.05) is 0 Å². The lowest BCUT2D eigenvalue weighted by Gasteiger charge is -2.08. The molecule has 0 spiro atoms. The van der Waals surface area contributed by atoms with Gasteiger partial charge >= 0.3 is 6.03 Å². The maximum Gasteiger partial charge on any atom is 0.322 e. The Kier molecular flexibility index (Phi) is 4.94. The quantitative estimate of drug-likeness (QED) is 0.568. The molecule has 4 heteroatoms. The Morgan fingerprint density at radius 1 is 1.29 bits per heavy atom.